The first-order valence-electron chi connectivity index (χ1n) is 9.39. The zero-order valence-corrected chi connectivity index (χ0v) is 16.8. The van der Waals surface area contributed by atoms with Crippen LogP contribution in [0.15, 0.2) is 59.8 Å². The van der Waals surface area contributed by atoms with Gasteiger partial charge in [0.25, 0.3) is 0 Å². The fourth-order valence-electron chi connectivity index (χ4n) is 3.48. The van der Waals surface area contributed by atoms with Crippen molar-refractivity contribution in [3.63, 3.8) is 0 Å². The number of hydrogen-bond acceptors (Lipinski definition) is 5. The van der Waals surface area contributed by atoms with Gasteiger partial charge in [-0.2, -0.15) is 4.31 Å². The molecule has 150 valence electrons. The molecule has 0 bridgehead atoms. The Labute approximate surface area is 169 Å². The minimum absolute atomic E-state index is 0.0937. The van der Waals surface area contributed by atoms with E-state index < -0.39 is 16.0 Å². The second kappa shape index (κ2) is 7.81. The van der Waals surface area contributed by atoms with Gasteiger partial charge in [-0.05, 0) is 49.2 Å². The van der Waals surface area contributed by atoms with E-state index in [9.17, 15) is 13.2 Å². The minimum atomic E-state index is -3.71. The molecule has 4 rings (SSSR count). The lowest BCUT2D eigenvalue weighted by Crippen LogP contribution is -2.34. The highest BCUT2D eigenvalue weighted by Crippen LogP contribution is 2.30. The summed E-state index contributed by atoms with van der Waals surface area (Å²) in [4.78, 5) is 19.5. The van der Waals surface area contributed by atoms with Crippen LogP contribution in [0.5, 0.6) is 0 Å². The molecular formula is C21H21N3O4S. The molecule has 0 saturated heterocycles. The molecule has 0 unspecified atom stereocenters. The van der Waals surface area contributed by atoms with Crippen LogP contribution in [-0.4, -0.2) is 48.4 Å². The molecule has 2 aromatic heterocycles. The van der Waals surface area contributed by atoms with Crippen LogP contribution in [0.2, 0.25) is 0 Å². The molecule has 0 radical (unpaired) electrons. The number of H-pyrrole nitrogens is 1. The van der Waals surface area contributed by atoms with E-state index in [1.165, 1.54) is 16.4 Å². The average Bonchev–Trinajstić information content (AvgIpc) is 3.18. The fourth-order valence-corrected chi connectivity index (χ4v) is 4.91. The second-order valence-corrected chi connectivity index (χ2v) is 8.63. The molecule has 0 aliphatic carbocycles. The molecule has 3 heterocycles. The second-order valence-electron chi connectivity index (χ2n) is 6.69. The van der Waals surface area contributed by atoms with E-state index in [0.29, 0.717) is 13.0 Å². The van der Waals surface area contributed by atoms with E-state index in [-0.39, 0.29) is 23.6 Å². The number of pyridine rings is 1. The van der Waals surface area contributed by atoms with E-state index in [0.717, 1.165) is 22.2 Å². The van der Waals surface area contributed by atoms with Crippen molar-refractivity contribution in [2.75, 3.05) is 19.7 Å². The fraction of sp³-hybridized carbons (Fsp3) is 0.238. The van der Waals surface area contributed by atoms with Gasteiger partial charge in [0, 0.05) is 36.4 Å². The quantitative estimate of drug-likeness (QED) is 0.651. The largest absolute Gasteiger partial charge is 0.462 e. The number of esters is 1. The third kappa shape index (κ3) is 3.68. The van der Waals surface area contributed by atoms with Crippen molar-refractivity contribution in [2.45, 2.75) is 18.2 Å². The molecule has 1 aromatic carbocycles. The van der Waals surface area contributed by atoms with Gasteiger partial charge in [0.15, 0.2) is 0 Å². The summed E-state index contributed by atoms with van der Waals surface area (Å²) in [7, 11) is -3.71. The number of hydrogen-bond donors (Lipinski definition) is 1. The molecule has 1 aliphatic rings. The first kappa shape index (κ1) is 19.4. The summed E-state index contributed by atoms with van der Waals surface area (Å²) in [6, 6.07) is 9.87. The molecule has 7 nitrogen and oxygen atoms in total. The van der Waals surface area contributed by atoms with E-state index in [2.05, 4.69) is 9.97 Å². The predicted molar refractivity (Wildman–Crippen MR) is 110 cm³/mol. The minimum Gasteiger partial charge on any atom is -0.462 e. The highest BCUT2D eigenvalue weighted by molar-refractivity contribution is 7.89. The van der Waals surface area contributed by atoms with Crippen LogP contribution >= 0.6 is 0 Å². The molecule has 0 saturated carbocycles. The van der Waals surface area contributed by atoms with Crippen LogP contribution in [0.3, 0.4) is 0 Å². The van der Waals surface area contributed by atoms with E-state index >= 15 is 0 Å². The number of benzene rings is 1. The summed E-state index contributed by atoms with van der Waals surface area (Å²) < 4.78 is 32.5. The number of ether oxygens (including phenoxy) is 1. The van der Waals surface area contributed by atoms with E-state index in [1.807, 2.05) is 24.4 Å². The lowest BCUT2D eigenvalue weighted by atomic mass is 10.0. The van der Waals surface area contributed by atoms with Gasteiger partial charge in [-0.25, -0.2) is 18.2 Å². The predicted octanol–water partition coefficient (Wildman–Crippen LogP) is 3.22. The number of aromatic nitrogens is 2. The van der Waals surface area contributed by atoms with Gasteiger partial charge >= 0.3 is 5.97 Å². The van der Waals surface area contributed by atoms with Gasteiger partial charge in [0.2, 0.25) is 10.0 Å². The van der Waals surface area contributed by atoms with Crippen molar-refractivity contribution in [3.05, 3.63) is 66.0 Å². The summed E-state index contributed by atoms with van der Waals surface area (Å²) in [5.41, 5.74) is 3.19. The van der Waals surface area contributed by atoms with Gasteiger partial charge in [-0.15, -0.1) is 0 Å². The maximum atomic E-state index is 13.1. The van der Waals surface area contributed by atoms with Gasteiger partial charge in [0.1, 0.15) is 5.65 Å². The van der Waals surface area contributed by atoms with Crippen LogP contribution in [0.25, 0.3) is 16.6 Å². The van der Waals surface area contributed by atoms with E-state index in [4.69, 9.17) is 4.74 Å². The van der Waals surface area contributed by atoms with Crippen LogP contribution in [-0.2, 0) is 14.8 Å². The first-order valence-corrected chi connectivity index (χ1v) is 10.8. The Hall–Kier alpha value is -2.97. The molecule has 29 heavy (non-hydrogen) atoms. The molecule has 0 atom stereocenters. The molecule has 0 fully saturated rings. The molecule has 1 N–H and O–H groups in total. The number of nitrogens with zero attached hydrogens (tertiary/aromatic N) is 2. The Morgan fingerprint density at radius 3 is 2.90 bits per heavy atom. The smallest absolute Gasteiger partial charge is 0.338 e. The topological polar surface area (TPSA) is 92.4 Å². The van der Waals surface area contributed by atoms with Gasteiger partial charge in [0.05, 0.1) is 17.1 Å². The maximum absolute atomic E-state index is 13.1. The van der Waals surface area contributed by atoms with Crippen LogP contribution < -0.4 is 0 Å². The molecule has 3 aromatic rings. The van der Waals surface area contributed by atoms with Crippen LogP contribution in [0.4, 0.5) is 0 Å². The van der Waals surface area contributed by atoms with Crippen LogP contribution in [0.1, 0.15) is 29.3 Å². The van der Waals surface area contributed by atoms with Gasteiger partial charge < -0.3 is 9.72 Å². The summed E-state index contributed by atoms with van der Waals surface area (Å²) in [5, 5.41) is 1.03. The Bertz CT molecular complexity index is 1200. The molecule has 0 amide bonds. The summed E-state index contributed by atoms with van der Waals surface area (Å²) in [5.74, 6) is -0.529. The molecular weight excluding hydrogens is 390 g/mol. The van der Waals surface area contributed by atoms with Crippen LogP contribution in [0, 0.1) is 0 Å². The van der Waals surface area contributed by atoms with Gasteiger partial charge in [-0.3, -0.25) is 0 Å². The Morgan fingerprint density at radius 2 is 2.14 bits per heavy atom. The van der Waals surface area contributed by atoms with Crippen molar-refractivity contribution < 1.29 is 17.9 Å². The highest BCUT2D eigenvalue weighted by atomic mass is 32.2. The normalized spacial score (nSPS) is 15.3. The molecule has 0 spiro atoms. The van der Waals surface area contributed by atoms with Crippen molar-refractivity contribution in [3.8, 4) is 0 Å². The standard InChI is InChI=1S/C21H21N3O4S/c1-2-28-21(25)16-5-3-6-17(13-16)29(26,27)24-11-8-15(9-12-24)19-14-23-20-18(19)7-4-10-22-20/h3-8,10,13-14H,2,9,11-12H2,1H3,(H,22,23). The van der Waals surface area contributed by atoms with Crippen molar-refractivity contribution >= 4 is 32.6 Å². The lowest BCUT2D eigenvalue weighted by Gasteiger charge is -2.26. The molecule has 1 aliphatic heterocycles. The molecule has 8 heteroatoms. The summed E-state index contributed by atoms with van der Waals surface area (Å²) >= 11 is 0. The van der Waals surface area contributed by atoms with Gasteiger partial charge in [-0.1, -0.05) is 12.1 Å². The third-order valence-electron chi connectivity index (χ3n) is 4.95. The number of nitrogens with one attached hydrogen (secondary N) is 1. The number of rotatable bonds is 5. The number of aromatic amines is 1. The number of carbonyl (C=O) groups excluding carboxylic acids is 1. The number of sulfonamides is 1. The summed E-state index contributed by atoms with van der Waals surface area (Å²) in [6.45, 7) is 2.58. The Balaban J connectivity index is 1.57. The first-order chi connectivity index (χ1) is 14.0. The van der Waals surface area contributed by atoms with Crippen molar-refractivity contribution in [1.29, 1.82) is 0 Å². The zero-order valence-electron chi connectivity index (χ0n) is 16.0. The summed E-state index contributed by atoms with van der Waals surface area (Å²) in [6.07, 6.45) is 6.18. The van der Waals surface area contributed by atoms with E-state index in [1.54, 1.807) is 25.3 Å². The highest BCUT2D eigenvalue weighted by Gasteiger charge is 2.27. The van der Waals surface area contributed by atoms with Crippen molar-refractivity contribution in [2.24, 2.45) is 0 Å². The monoisotopic (exact) mass is 411 g/mol. The SMILES string of the molecule is CCOC(=O)c1cccc(S(=O)(=O)N2CC=C(c3c[nH]c4ncccc34)CC2)c1. The Kier molecular flexibility index (Phi) is 5.21. The number of fused-ring (bicyclic) bond motifs is 1. The Morgan fingerprint density at radius 1 is 1.28 bits per heavy atom. The average molecular weight is 411 g/mol. The maximum Gasteiger partial charge on any atom is 0.338 e. The third-order valence-corrected chi connectivity index (χ3v) is 6.81. The lowest BCUT2D eigenvalue weighted by molar-refractivity contribution is 0.0526. The van der Waals surface area contributed by atoms with Crippen molar-refractivity contribution in [1.82, 2.24) is 14.3 Å². The zero-order chi connectivity index (χ0) is 20.4. The number of carbonyl (C=O) groups is 1.